The number of aryl methyl sites for hydroxylation is 2. The van der Waals surface area contributed by atoms with Crippen LogP contribution < -0.4 is 23.8 Å². The van der Waals surface area contributed by atoms with E-state index in [1.54, 1.807) is 12.1 Å². The summed E-state index contributed by atoms with van der Waals surface area (Å²) in [5.74, 6) is 1.12. The second-order valence-corrected chi connectivity index (χ2v) is 11.0. The first-order valence-corrected chi connectivity index (χ1v) is 13.9. The molecule has 1 N–H and O–H groups in total. The fraction of sp³-hybridized carbons (Fsp3) is 0.345. The number of carbonyl (C=O) groups excluding carboxylic acids is 1. The predicted octanol–water partition coefficient (Wildman–Crippen LogP) is 4.74. The summed E-state index contributed by atoms with van der Waals surface area (Å²) >= 11 is 0. The smallest absolute Gasteiger partial charge is 0.264 e. The molecule has 9 heteroatoms. The Morgan fingerprint density at radius 3 is 2.18 bits per heavy atom. The molecule has 1 amide bonds. The zero-order valence-corrected chi connectivity index (χ0v) is 23.4. The van der Waals surface area contributed by atoms with Gasteiger partial charge < -0.3 is 19.5 Å². The van der Waals surface area contributed by atoms with Gasteiger partial charge in [-0.3, -0.25) is 9.10 Å². The number of hydrogen-bond acceptors (Lipinski definition) is 6. The third-order valence-corrected chi connectivity index (χ3v) is 7.58. The number of rotatable bonds is 13. The summed E-state index contributed by atoms with van der Waals surface area (Å²) in [5, 5.41) is 2.85. The summed E-state index contributed by atoms with van der Waals surface area (Å²) in [6.45, 7) is 5.93. The Hall–Kier alpha value is -3.72. The number of sulfonamides is 1. The van der Waals surface area contributed by atoms with Crippen LogP contribution in [0.5, 0.6) is 17.2 Å². The molecule has 0 aromatic heterocycles. The lowest BCUT2D eigenvalue weighted by Crippen LogP contribution is -2.41. The maximum absolute atomic E-state index is 13.7. The molecule has 0 saturated carbocycles. The van der Waals surface area contributed by atoms with Gasteiger partial charge in [-0.15, -0.1) is 0 Å². The minimum absolute atomic E-state index is 0.00609. The zero-order valence-electron chi connectivity index (χ0n) is 22.6. The molecule has 0 saturated heterocycles. The van der Waals surface area contributed by atoms with Crippen LogP contribution in [0, 0.1) is 6.92 Å². The number of benzene rings is 3. The minimum Gasteiger partial charge on any atom is -0.493 e. The van der Waals surface area contributed by atoms with E-state index in [9.17, 15) is 13.2 Å². The van der Waals surface area contributed by atoms with Crippen molar-refractivity contribution >= 4 is 21.6 Å². The van der Waals surface area contributed by atoms with Gasteiger partial charge in [0, 0.05) is 12.6 Å². The van der Waals surface area contributed by atoms with Gasteiger partial charge in [-0.1, -0.05) is 29.8 Å². The highest BCUT2D eigenvalue weighted by Gasteiger charge is 2.28. The molecule has 0 atom stereocenters. The fourth-order valence-corrected chi connectivity index (χ4v) is 5.28. The quantitative estimate of drug-likeness (QED) is 0.315. The summed E-state index contributed by atoms with van der Waals surface area (Å²) in [4.78, 5) is 12.9. The van der Waals surface area contributed by atoms with E-state index in [1.165, 1.54) is 32.4 Å². The van der Waals surface area contributed by atoms with Gasteiger partial charge in [-0.25, -0.2) is 8.42 Å². The Morgan fingerprint density at radius 2 is 1.58 bits per heavy atom. The SMILES string of the molecule is COc1ccc(S(=O)(=O)N(CC(=O)NCCCc2ccc(OC(C)C)cc2)c2ccc(C)cc2)cc1OC. The van der Waals surface area contributed by atoms with Crippen molar-refractivity contribution in [2.75, 3.05) is 31.6 Å². The monoisotopic (exact) mass is 540 g/mol. The van der Waals surface area contributed by atoms with E-state index in [0.29, 0.717) is 24.4 Å². The highest BCUT2D eigenvalue weighted by Crippen LogP contribution is 2.32. The fourth-order valence-electron chi connectivity index (χ4n) is 3.84. The third-order valence-electron chi connectivity index (χ3n) is 5.81. The topological polar surface area (TPSA) is 94.2 Å². The van der Waals surface area contributed by atoms with Crippen molar-refractivity contribution in [1.82, 2.24) is 5.32 Å². The number of ether oxygens (including phenoxy) is 3. The van der Waals surface area contributed by atoms with Crippen LogP contribution in [0.4, 0.5) is 5.69 Å². The molecule has 0 fully saturated rings. The zero-order chi connectivity index (χ0) is 27.7. The summed E-state index contributed by atoms with van der Waals surface area (Å²) in [6, 6.07) is 19.2. The number of anilines is 1. The molecule has 0 aliphatic carbocycles. The molecule has 0 bridgehead atoms. The molecule has 38 heavy (non-hydrogen) atoms. The third kappa shape index (κ3) is 7.64. The number of hydrogen-bond donors (Lipinski definition) is 1. The van der Waals surface area contributed by atoms with Gasteiger partial charge in [0.15, 0.2) is 11.5 Å². The lowest BCUT2D eigenvalue weighted by molar-refractivity contribution is -0.119. The maximum Gasteiger partial charge on any atom is 0.264 e. The number of amides is 1. The Balaban J connectivity index is 1.69. The van der Waals surface area contributed by atoms with E-state index < -0.39 is 15.9 Å². The van der Waals surface area contributed by atoms with Crippen LogP contribution in [-0.2, 0) is 21.2 Å². The van der Waals surface area contributed by atoms with Crippen molar-refractivity contribution < 1.29 is 27.4 Å². The lowest BCUT2D eigenvalue weighted by atomic mass is 10.1. The van der Waals surface area contributed by atoms with Gasteiger partial charge in [0.1, 0.15) is 12.3 Å². The predicted molar refractivity (Wildman–Crippen MR) is 149 cm³/mol. The average molecular weight is 541 g/mol. The van der Waals surface area contributed by atoms with Crippen molar-refractivity contribution in [2.45, 2.75) is 44.6 Å². The number of carbonyl (C=O) groups is 1. The molecule has 0 radical (unpaired) electrons. The van der Waals surface area contributed by atoms with E-state index in [4.69, 9.17) is 14.2 Å². The molecule has 3 rings (SSSR count). The van der Waals surface area contributed by atoms with Gasteiger partial charge in [0.2, 0.25) is 5.91 Å². The molecule has 3 aromatic carbocycles. The van der Waals surface area contributed by atoms with Crippen LogP contribution in [0.2, 0.25) is 0 Å². The van der Waals surface area contributed by atoms with Crippen LogP contribution in [0.3, 0.4) is 0 Å². The maximum atomic E-state index is 13.7. The summed E-state index contributed by atoms with van der Waals surface area (Å²) in [5.41, 5.74) is 2.50. The van der Waals surface area contributed by atoms with Gasteiger partial charge in [-0.05, 0) is 75.6 Å². The van der Waals surface area contributed by atoms with Crippen molar-refractivity contribution in [3.05, 3.63) is 77.9 Å². The average Bonchev–Trinajstić information content (AvgIpc) is 2.90. The molecule has 0 unspecified atom stereocenters. The van der Waals surface area contributed by atoms with Crippen molar-refractivity contribution in [1.29, 1.82) is 0 Å². The molecule has 0 aliphatic rings. The lowest BCUT2D eigenvalue weighted by Gasteiger charge is -2.24. The largest absolute Gasteiger partial charge is 0.493 e. The summed E-state index contributed by atoms with van der Waals surface area (Å²) in [7, 11) is -1.17. The number of methoxy groups -OCH3 is 2. The van der Waals surface area contributed by atoms with E-state index in [-0.39, 0.29) is 23.3 Å². The van der Waals surface area contributed by atoms with E-state index >= 15 is 0 Å². The van der Waals surface area contributed by atoms with Gasteiger partial charge in [0.25, 0.3) is 10.0 Å². The molecule has 0 spiro atoms. The number of nitrogens with zero attached hydrogens (tertiary/aromatic N) is 1. The molecule has 0 aliphatic heterocycles. The highest BCUT2D eigenvalue weighted by molar-refractivity contribution is 7.92. The van der Waals surface area contributed by atoms with E-state index in [1.807, 2.05) is 57.2 Å². The highest BCUT2D eigenvalue weighted by atomic mass is 32.2. The first-order chi connectivity index (χ1) is 18.1. The van der Waals surface area contributed by atoms with Crippen molar-refractivity contribution in [2.24, 2.45) is 0 Å². The minimum atomic E-state index is -4.08. The number of nitrogens with one attached hydrogen (secondary N) is 1. The summed E-state index contributed by atoms with van der Waals surface area (Å²) < 4.78 is 44.6. The molecule has 0 heterocycles. The molecule has 3 aromatic rings. The van der Waals surface area contributed by atoms with E-state index in [2.05, 4.69) is 5.32 Å². The Labute approximate surface area is 225 Å². The molecule has 204 valence electrons. The second-order valence-electron chi connectivity index (χ2n) is 9.13. The van der Waals surface area contributed by atoms with Gasteiger partial charge >= 0.3 is 0 Å². The first kappa shape index (κ1) is 28.8. The van der Waals surface area contributed by atoms with Crippen LogP contribution in [-0.4, -0.2) is 47.7 Å². The van der Waals surface area contributed by atoms with Crippen LogP contribution >= 0.6 is 0 Å². The van der Waals surface area contributed by atoms with E-state index in [0.717, 1.165) is 27.6 Å². The van der Waals surface area contributed by atoms with Crippen molar-refractivity contribution in [3.63, 3.8) is 0 Å². The first-order valence-electron chi connectivity index (χ1n) is 12.5. The summed E-state index contributed by atoms with van der Waals surface area (Å²) in [6.07, 6.45) is 1.60. The van der Waals surface area contributed by atoms with Crippen LogP contribution in [0.15, 0.2) is 71.6 Å². The second kappa shape index (κ2) is 13.2. The Kier molecular flexibility index (Phi) is 10.0. The van der Waals surface area contributed by atoms with Crippen molar-refractivity contribution in [3.8, 4) is 17.2 Å². The Morgan fingerprint density at radius 1 is 0.921 bits per heavy atom. The Bertz CT molecular complexity index is 1310. The van der Waals surface area contributed by atoms with Gasteiger partial charge in [-0.2, -0.15) is 0 Å². The molecular formula is C29H36N2O6S. The van der Waals surface area contributed by atoms with Crippen LogP contribution in [0.1, 0.15) is 31.4 Å². The normalized spacial score (nSPS) is 11.2. The standard InChI is InChI=1S/C29H36N2O6S/c1-21(2)37-25-14-10-23(11-15-25)7-6-18-30-29(32)20-31(24-12-8-22(3)9-13-24)38(33,34)26-16-17-27(35-4)28(19-26)36-5/h8-17,19,21H,6-7,18,20H2,1-5H3,(H,30,32). The molecular weight excluding hydrogens is 504 g/mol. The van der Waals surface area contributed by atoms with Crippen LogP contribution in [0.25, 0.3) is 0 Å². The van der Waals surface area contributed by atoms with Gasteiger partial charge in [0.05, 0.1) is 30.9 Å². The molecule has 8 nitrogen and oxygen atoms in total.